The number of hydrogen-bond donors (Lipinski definition) is 1. The maximum Gasteiger partial charge on any atom is 0.335 e. The van der Waals surface area contributed by atoms with Crippen molar-refractivity contribution in [1.82, 2.24) is 4.98 Å². The predicted octanol–water partition coefficient (Wildman–Crippen LogP) is 3.00. The van der Waals surface area contributed by atoms with E-state index in [9.17, 15) is 4.79 Å². The van der Waals surface area contributed by atoms with Crippen molar-refractivity contribution in [3.63, 3.8) is 0 Å². The minimum Gasteiger partial charge on any atom is -0.478 e. The minimum absolute atomic E-state index is 0.0712. The number of carboxylic acid groups (broad SMARTS) is 1. The summed E-state index contributed by atoms with van der Waals surface area (Å²) in [6.07, 6.45) is 0.781. The fraction of sp³-hybridized carbons (Fsp3) is 0.455. The lowest BCUT2D eigenvalue weighted by Gasteiger charge is -2.24. The second kappa shape index (κ2) is 4.70. The van der Waals surface area contributed by atoms with E-state index in [1.807, 2.05) is 20.8 Å². The summed E-state index contributed by atoms with van der Waals surface area (Å²) < 4.78 is 5.56. The van der Waals surface area contributed by atoms with Gasteiger partial charge in [-0.1, -0.05) is 18.5 Å². The highest BCUT2D eigenvalue weighted by molar-refractivity contribution is 6.29. The van der Waals surface area contributed by atoms with E-state index < -0.39 is 11.6 Å². The molecule has 1 aromatic rings. The van der Waals surface area contributed by atoms with Crippen LogP contribution in [0, 0.1) is 0 Å². The fourth-order valence-electron chi connectivity index (χ4n) is 1.00. The largest absolute Gasteiger partial charge is 0.478 e. The third-order valence-electron chi connectivity index (χ3n) is 2.25. The smallest absolute Gasteiger partial charge is 0.335 e. The molecule has 0 saturated carbocycles. The van der Waals surface area contributed by atoms with Gasteiger partial charge in [-0.3, -0.25) is 0 Å². The number of halogens is 1. The first-order valence-electron chi connectivity index (χ1n) is 4.94. The standard InChI is InChI=1S/C11H14ClNO3/c1-4-11(2,3)16-9-6-7(10(14)15)5-8(12)13-9/h5-6H,4H2,1-3H3,(H,14,15). The molecule has 4 nitrogen and oxygen atoms in total. The van der Waals surface area contributed by atoms with Crippen LogP contribution in [0.3, 0.4) is 0 Å². The molecule has 0 radical (unpaired) electrons. The Morgan fingerprint density at radius 2 is 2.19 bits per heavy atom. The summed E-state index contributed by atoms with van der Waals surface area (Å²) in [4.78, 5) is 14.7. The molecule has 16 heavy (non-hydrogen) atoms. The van der Waals surface area contributed by atoms with Crippen LogP contribution in [0.2, 0.25) is 5.15 Å². The van der Waals surface area contributed by atoms with Crippen molar-refractivity contribution in [1.29, 1.82) is 0 Å². The van der Waals surface area contributed by atoms with E-state index in [0.29, 0.717) is 0 Å². The van der Waals surface area contributed by atoms with Crippen LogP contribution in [0.1, 0.15) is 37.6 Å². The number of aromatic nitrogens is 1. The first-order chi connectivity index (χ1) is 7.34. The molecule has 5 heteroatoms. The third-order valence-corrected chi connectivity index (χ3v) is 2.44. The van der Waals surface area contributed by atoms with E-state index in [1.54, 1.807) is 0 Å². The Morgan fingerprint density at radius 1 is 1.56 bits per heavy atom. The molecule has 0 bridgehead atoms. The van der Waals surface area contributed by atoms with Gasteiger partial charge in [0.25, 0.3) is 0 Å². The SMILES string of the molecule is CCC(C)(C)Oc1cc(C(=O)O)cc(Cl)n1. The highest BCUT2D eigenvalue weighted by Crippen LogP contribution is 2.22. The monoisotopic (exact) mass is 243 g/mol. The van der Waals surface area contributed by atoms with E-state index in [-0.39, 0.29) is 16.6 Å². The number of carboxylic acids is 1. The van der Waals surface area contributed by atoms with Gasteiger partial charge in [0.05, 0.1) is 5.56 Å². The molecular formula is C11H14ClNO3. The molecule has 0 aliphatic carbocycles. The molecule has 1 heterocycles. The molecule has 0 aromatic carbocycles. The average Bonchev–Trinajstić information content (AvgIpc) is 2.16. The number of rotatable bonds is 4. The minimum atomic E-state index is -1.05. The lowest BCUT2D eigenvalue weighted by Crippen LogP contribution is -2.27. The summed E-state index contributed by atoms with van der Waals surface area (Å²) in [5, 5.41) is 8.96. The lowest BCUT2D eigenvalue weighted by atomic mass is 10.1. The second-order valence-corrected chi connectivity index (χ2v) is 4.42. The number of ether oxygens (including phenoxy) is 1. The van der Waals surface area contributed by atoms with E-state index in [2.05, 4.69) is 4.98 Å². The molecule has 0 unspecified atom stereocenters. The van der Waals surface area contributed by atoms with Gasteiger partial charge in [0, 0.05) is 6.07 Å². The molecule has 1 N–H and O–H groups in total. The fourth-order valence-corrected chi connectivity index (χ4v) is 1.20. The van der Waals surface area contributed by atoms with Gasteiger partial charge in [-0.05, 0) is 26.3 Å². The Morgan fingerprint density at radius 3 is 2.69 bits per heavy atom. The van der Waals surface area contributed by atoms with Gasteiger partial charge in [0.1, 0.15) is 10.8 Å². The zero-order valence-corrected chi connectivity index (χ0v) is 10.2. The van der Waals surface area contributed by atoms with Crippen molar-refractivity contribution in [2.45, 2.75) is 32.8 Å². The van der Waals surface area contributed by atoms with Crippen LogP contribution in [0.5, 0.6) is 5.88 Å². The molecule has 0 fully saturated rings. The van der Waals surface area contributed by atoms with Crippen LogP contribution in [0.4, 0.5) is 0 Å². The number of aromatic carboxylic acids is 1. The molecule has 1 rings (SSSR count). The first kappa shape index (κ1) is 12.8. The molecule has 1 aromatic heterocycles. The normalized spacial score (nSPS) is 11.2. The molecule has 88 valence electrons. The van der Waals surface area contributed by atoms with Crippen molar-refractivity contribution in [2.24, 2.45) is 0 Å². The Hall–Kier alpha value is -1.29. The van der Waals surface area contributed by atoms with E-state index >= 15 is 0 Å². The predicted molar refractivity (Wildman–Crippen MR) is 61.2 cm³/mol. The van der Waals surface area contributed by atoms with Crippen LogP contribution < -0.4 is 4.74 Å². The maximum absolute atomic E-state index is 10.8. The van der Waals surface area contributed by atoms with Gasteiger partial charge < -0.3 is 9.84 Å². The van der Waals surface area contributed by atoms with Crippen molar-refractivity contribution < 1.29 is 14.6 Å². The van der Waals surface area contributed by atoms with Crippen LogP contribution in [-0.4, -0.2) is 21.7 Å². The summed E-state index contributed by atoms with van der Waals surface area (Å²) in [5.74, 6) is -0.819. The van der Waals surface area contributed by atoms with Gasteiger partial charge in [-0.15, -0.1) is 0 Å². The van der Waals surface area contributed by atoms with E-state index in [1.165, 1.54) is 12.1 Å². The molecule has 0 saturated heterocycles. The quantitative estimate of drug-likeness (QED) is 0.826. The maximum atomic E-state index is 10.8. The zero-order valence-electron chi connectivity index (χ0n) is 9.45. The highest BCUT2D eigenvalue weighted by Gasteiger charge is 2.19. The third kappa shape index (κ3) is 3.38. The lowest BCUT2D eigenvalue weighted by molar-refractivity contribution is 0.0691. The van der Waals surface area contributed by atoms with Gasteiger partial charge in [-0.25, -0.2) is 9.78 Å². The Balaban J connectivity index is 3.01. The summed E-state index contributed by atoms with van der Waals surface area (Å²) in [7, 11) is 0. The molecular weight excluding hydrogens is 230 g/mol. The van der Waals surface area contributed by atoms with Gasteiger partial charge in [0.15, 0.2) is 0 Å². The number of hydrogen-bond acceptors (Lipinski definition) is 3. The van der Waals surface area contributed by atoms with Crippen molar-refractivity contribution in [2.75, 3.05) is 0 Å². The topological polar surface area (TPSA) is 59.4 Å². The molecule has 0 atom stereocenters. The van der Waals surface area contributed by atoms with Crippen LogP contribution in [0.15, 0.2) is 12.1 Å². The number of pyridine rings is 1. The Labute approximate surface area is 99.2 Å². The Kier molecular flexibility index (Phi) is 3.75. The second-order valence-electron chi connectivity index (χ2n) is 4.04. The molecule has 0 spiro atoms. The van der Waals surface area contributed by atoms with E-state index in [0.717, 1.165) is 6.42 Å². The highest BCUT2D eigenvalue weighted by atomic mass is 35.5. The molecule has 0 aliphatic heterocycles. The van der Waals surface area contributed by atoms with Gasteiger partial charge >= 0.3 is 5.97 Å². The molecule has 0 aliphatic rings. The molecule has 0 amide bonds. The average molecular weight is 244 g/mol. The Bertz CT molecular complexity index is 404. The van der Waals surface area contributed by atoms with Crippen molar-refractivity contribution >= 4 is 17.6 Å². The van der Waals surface area contributed by atoms with Crippen LogP contribution >= 0.6 is 11.6 Å². The summed E-state index contributed by atoms with van der Waals surface area (Å²) in [5.41, 5.74) is -0.324. The summed E-state index contributed by atoms with van der Waals surface area (Å²) >= 11 is 5.71. The zero-order chi connectivity index (χ0) is 12.3. The van der Waals surface area contributed by atoms with Crippen molar-refractivity contribution in [3.8, 4) is 5.88 Å². The van der Waals surface area contributed by atoms with Crippen LogP contribution in [-0.2, 0) is 0 Å². The summed E-state index contributed by atoms with van der Waals surface area (Å²) in [6, 6.07) is 2.65. The number of nitrogens with zero attached hydrogens (tertiary/aromatic N) is 1. The van der Waals surface area contributed by atoms with Gasteiger partial charge in [-0.2, -0.15) is 0 Å². The van der Waals surface area contributed by atoms with Crippen LogP contribution in [0.25, 0.3) is 0 Å². The van der Waals surface area contributed by atoms with Gasteiger partial charge in [0.2, 0.25) is 5.88 Å². The summed E-state index contributed by atoms with van der Waals surface area (Å²) in [6.45, 7) is 5.77. The van der Waals surface area contributed by atoms with E-state index in [4.69, 9.17) is 21.4 Å². The number of carbonyl (C=O) groups is 1. The first-order valence-corrected chi connectivity index (χ1v) is 5.32. The van der Waals surface area contributed by atoms with Crippen molar-refractivity contribution in [3.05, 3.63) is 22.8 Å².